The Morgan fingerprint density at radius 2 is 1.95 bits per heavy atom. The number of benzene rings is 2. The van der Waals surface area contributed by atoms with E-state index in [-0.39, 0.29) is 6.09 Å². The third-order valence-corrected chi connectivity index (χ3v) is 4.36. The fraction of sp³-hybridized carbons (Fsp3) is 0.278. The van der Waals surface area contributed by atoms with Crippen LogP contribution in [0.2, 0.25) is 0 Å². The lowest BCUT2D eigenvalue weighted by molar-refractivity contribution is 0.0942. The third kappa shape index (κ3) is 3.69. The number of hydrogen-bond donors (Lipinski definition) is 0. The van der Waals surface area contributed by atoms with E-state index in [0.29, 0.717) is 13.2 Å². The molecule has 0 aliphatic carbocycles. The highest BCUT2D eigenvalue weighted by Crippen LogP contribution is 2.23. The summed E-state index contributed by atoms with van der Waals surface area (Å²) in [5.74, 6) is 0. The lowest BCUT2D eigenvalue weighted by Gasteiger charge is -2.20. The van der Waals surface area contributed by atoms with Crippen LogP contribution in [0.4, 0.5) is 4.79 Å². The van der Waals surface area contributed by atoms with Gasteiger partial charge in [-0.25, -0.2) is 4.79 Å². The van der Waals surface area contributed by atoms with Crippen LogP contribution in [0.15, 0.2) is 53.0 Å². The van der Waals surface area contributed by atoms with Crippen LogP contribution in [0.1, 0.15) is 23.1 Å². The van der Waals surface area contributed by atoms with Crippen LogP contribution in [0.3, 0.4) is 0 Å². The zero-order chi connectivity index (χ0) is 15.4. The van der Waals surface area contributed by atoms with Crippen molar-refractivity contribution < 1.29 is 9.53 Å². The van der Waals surface area contributed by atoms with E-state index < -0.39 is 0 Å². The first-order valence-corrected chi connectivity index (χ1v) is 8.24. The van der Waals surface area contributed by atoms with E-state index in [4.69, 9.17) is 4.74 Å². The molecule has 0 bridgehead atoms. The molecule has 0 unspecified atom stereocenters. The molecule has 0 N–H and O–H groups in total. The lowest BCUT2D eigenvalue weighted by Crippen LogP contribution is -2.31. The number of carbonyl (C=O) groups is 1. The van der Waals surface area contributed by atoms with Gasteiger partial charge in [-0.2, -0.15) is 0 Å². The van der Waals surface area contributed by atoms with Crippen LogP contribution >= 0.6 is 15.9 Å². The molecule has 0 atom stereocenters. The van der Waals surface area contributed by atoms with Gasteiger partial charge in [0.15, 0.2) is 0 Å². The van der Waals surface area contributed by atoms with E-state index in [1.165, 1.54) is 11.1 Å². The van der Waals surface area contributed by atoms with Gasteiger partial charge in [-0.05, 0) is 41.7 Å². The van der Waals surface area contributed by atoms with Crippen molar-refractivity contribution in [2.24, 2.45) is 0 Å². The summed E-state index contributed by atoms with van der Waals surface area (Å²) in [6.07, 6.45) is 1.73. The first-order chi connectivity index (χ1) is 10.7. The Labute approximate surface area is 139 Å². The Morgan fingerprint density at radius 3 is 2.77 bits per heavy atom. The van der Waals surface area contributed by atoms with Crippen molar-refractivity contribution in [2.75, 3.05) is 6.54 Å². The highest BCUT2D eigenvalue weighted by Gasteiger charge is 2.20. The summed E-state index contributed by atoms with van der Waals surface area (Å²) < 4.78 is 6.49. The van der Waals surface area contributed by atoms with Gasteiger partial charge in [0.05, 0.1) is 0 Å². The molecule has 1 amide bonds. The topological polar surface area (TPSA) is 29.5 Å². The predicted octanol–water partition coefficient (Wildman–Crippen LogP) is 4.53. The molecule has 0 fully saturated rings. The minimum Gasteiger partial charge on any atom is -0.445 e. The Bertz CT molecular complexity index is 657. The van der Waals surface area contributed by atoms with Gasteiger partial charge in [0.1, 0.15) is 6.61 Å². The molecule has 0 spiro atoms. The van der Waals surface area contributed by atoms with Gasteiger partial charge in [-0.1, -0.05) is 52.3 Å². The monoisotopic (exact) mass is 359 g/mol. The number of rotatable bonds is 2. The first kappa shape index (κ1) is 15.1. The van der Waals surface area contributed by atoms with E-state index in [1.807, 2.05) is 30.3 Å². The second kappa shape index (κ2) is 6.97. The molecule has 3 nitrogen and oxygen atoms in total. The van der Waals surface area contributed by atoms with Gasteiger partial charge < -0.3 is 9.64 Å². The highest BCUT2D eigenvalue weighted by molar-refractivity contribution is 9.10. The fourth-order valence-corrected chi connectivity index (χ4v) is 3.11. The van der Waals surface area contributed by atoms with Gasteiger partial charge in [0, 0.05) is 17.6 Å². The molecule has 1 heterocycles. The summed E-state index contributed by atoms with van der Waals surface area (Å²) >= 11 is 3.50. The number of ether oxygens (including phenoxy) is 1. The van der Waals surface area contributed by atoms with Crippen molar-refractivity contribution in [3.63, 3.8) is 0 Å². The molecule has 1 aliphatic rings. The van der Waals surface area contributed by atoms with E-state index in [2.05, 4.69) is 34.1 Å². The van der Waals surface area contributed by atoms with Crippen LogP contribution in [0.25, 0.3) is 0 Å². The maximum atomic E-state index is 12.3. The maximum Gasteiger partial charge on any atom is 0.410 e. The zero-order valence-electron chi connectivity index (χ0n) is 12.3. The normalized spacial score (nSPS) is 14.1. The molecule has 2 aromatic carbocycles. The molecular formula is C18H18BrNO2. The Kier molecular flexibility index (Phi) is 4.78. The minimum absolute atomic E-state index is 0.239. The quantitative estimate of drug-likeness (QED) is 0.787. The molecule has 114 valence electrons. The molecule has 1 aliphatic heterocycles. The summed E-state index contributed by atoms with van der Waals surface area (Å²) in [6.45, 7) is 1.67. The Morgan fingerprint density at radius 1 is 1.14 bits per heavy atom. The van der Waals surface area contributed by atoms with E-state index in [9.17, 15) is 4.79 Å². The van der Waals surface area contributed by atoms with Crippen molar-refractivity contribution in [2.45, 2.75) is 26.0 Å². The molecule has 0 aromatic heterocycles. The number of halogens is 1. The summed E-state index contributed by atoms with van der Waals surface area (Å²) in [4.78, 5) is 14.1. The number of carbonyl (C=O) groups excluding carboxylic acids is 1. The van der Waals surface area contributed by atoms with Crippen LogP contribution in [-0.4, -0.2) is 17.5 Å². The summed E-state index contributed by atoms with van der Waals surface area (Å²) in [6, 6.07) is 16.1. The van der Waals surface area contributed by atoms with Gasteiger partial charge >= 0.3 is 6.09 Å². The third-order valence-electron chi connectivity index (χ3n) is 3.87. The van der Waals surface area contributed by atoms with Crippen molar-refractivity contribution in [1.82, 2.24) is 4.90 Å². The predicted molar refractivity (Wildman–Crippen MR) is 89.5 cm³/mol. The molecule has 4 heteroatoms. The summed E-state index contributed by atoms with van der Waals surface area (Å²) in [5.41, 5.74) is 3.53. The SMILES string of the molecule is O=C(OCc1ccccc1)N1CCCc2ccc(Br)cc2C1. The average molecular weight is 360 g/mol. The second-order valence-electron chi connectivity index (χ2n) is 5.48. The number of aryl methyl sites for hydroxylation is 1. The van der Waals surface area contributed by atoms with Crippen LogP contribution < -0.4 is 0 Å². The molecule has 22 heavy (non-hydrogen) atoms. The van der Waals surface area contributed by atoms with Crippen molar-refractivity contribution in [3.05, 3.63) is 69.7 Å². The minimum atomic E-state index is -0.239. The highest BCUT2D eigenvalue weighted by atomic mass is 79.9. The standard InChI is InChI=1S/C18H18BrNO2/c19-17-9-8-15-7-4-10-20(12-16(15)11-17)18(21)22-13-14-5-2-1-3-6-14/h1-3,5-6,8-9,11H,4,7,10,12-13H2. The zero-order valence-corrected chi connectivity index (χ0v) is 13.9. The Hall–Kier alpha value is -1.81. The van der Waals surface area contributed by atoms with Crippen LogP contribution in [-0.2, 0) is 24.3 Å². The summed E-state index contributed by atoms with van der Waals surface area (Å²) in [7, 11) is 0. The smallest absolute Gasteiger partial charge is 0.410 e. The fourth-order valence-electron chi connectivity index (χ4n) is 2.70. The molecule has 0 saturated heterocycles. The van der Waals surface area contributed by atoms with Gasteiger partial charge in [-0.15, -0.1) is 0 Å². The molecule has 2 aromatic rings. The van der Waals surface area contributed by atoms with Gasteiger partial charge in [0.2, 0.25) is 0 Å². The van der Waals surface area contributed by atoms with E-state index in [0.717, 1.165) is 29.4 Å². The van der Waals surface area contributed by atoms with Crippen molar-refractivity contribution in [3.8, 4) is 0 Å². The Balaban J connectivity index is 1.65. The first-order valence-electron chi connectivity index (χ1n) is 7.45. The number of nitrogens with zero attached hydrogens (tertiary/aromatic N) is 1. The van der Waals surface area contributed by atoms with Crippen molar-refractivity contribution in [1.29, 1.82) is 0 Å². The second-order valence-corrected chi connectivity index (χ2v) is 6.39. The average Bonchev–Trinajstić information content (AvgIpc) is 2.75. The van der Waals surface area contributed by atoms with Crippen LogP contribution in [0.5, 0.6) is 0 Å². The maximum absolute atomic E-state index is 12.3. The van der Waals surface area contributed by atoms with Gasteiger partial charge in [-0.3, -0.25) is 0 Å². The molecule has 0 radical (unpaired) electrons. The van der Waals surface area contributed by atoms with Crippen LogP contribution in [0, 0.1) is 0 Å². The van der Waals surface area contributed by atoms with E-state index >= 15 is 0 Å². The lowest BCUT2D eigenvalue weighted by atomic mass is 10.0. The molecule has 0 saturated carbocycles. The number of fused-ring (bicyclic) bond motifs is 1. The largest absolute Gasteiger partial charge is 0.445 e. The summed E-state index contributed by atoms with van der Waals surface area (Å²) in [5, 5.41) is 0. The number of hydrogen-bond acceptors (Lipinski definition) is 2. The van der Waals surface area contributed by atoms with Gasteiger partial charge in [0.25, 0.3) is 0 Å². The number of amides is 1. The molecule has 3 rings (SSSR count). The molecular weight excluding hydrogens is 342 g/mol. The van der Waals surface area contributed by atoms with E-state index in [1.54, 1.807) is 4.90 Å². The van der Waals surface area contributed by atoms with Crippen molar-refractivity contribution >= 4 is 22.0 Å².